The number of halogens is 1. The average molecular weight is 507 g/mol. The molecule has 1 aromatic heterocycles. The Labute approximate surface area is 210 Å². The Morgan fingerprint density at radius 1 is 1.11 bits per heavy atom. The normalized spacial score (nSPS) is 20.0. The molecule has 2 aromatic carbocycles. The molecule has 0 bridgehead atoms. The molecule has 1 N–H and O–H groups in total. The molecule has 0 fully saturated rings. The molecule has 1 aliphatic carbocycles. The highest BCUT2D eigenvalue weighted by atomic mass is 32.2. The van der Waals surface area contributed by atoms with E-state index in [-0.39, 0.29) is 29.9 Å². The molecule has 1 aliphatic heterocycles. The third kappa shape index (κ3) is 4.83. The molecule has 6 nitrogen and oxygen atoms in total. The van der Waals surface area contributed by atoms with Crippen LogP contribution in [0.25, 0.3) is 11.1 Å². The first-order chi connectivity index (χ1) is 17.0. The summed E-state index contributed by atoms with van der Waals surface area (Å²) in [5.74, 6) is -0.939. The van der Waals surface area contributed by atoms with E-state index in [0.717, 1.165) is 27.8 Å². The number of aromatic nitrogens is 1. The molecule has 2 heterocycles. The van der Waals surface area contributed by atoms with Crippen LogP contribution in [0, 0.1) is 5.82 Å². The van der Waals surface area contributed by atoms with Gasteiger partial charge < -0.3 is 10.0 Å². The molecule has 3 aromatic rings. The highest BCUT2D eigenvalue weighted by molar-refractivity contribution is 7.94. The van der Waals surface area contributed by atoms with E-state index in [4.69, 9.17) is 0 Å². The number of carbonyl (C=O) groups is 1. The number of carbonyl (C=O) groups excluding carboxylic acids is 1. The van der Waals surface area contributed by atoms with E-state index in [2.05, 4.69) is 4.98 Å². The van der Waals surface area contributed by atoms with Crippen LogP contribution in [0.1, 0.15) is 42.1 Å². The molecule has 0 radical (unpaired) electrons. The zero-order valence-corrected chi connectivity index (χ0v) is 20.9. The first-order valence-corrected chi connectivity index (χ1v) is 13.5. The van der Waals surface area contributed by atoms with Gasteiger partial charge in [0.1, 0.15) is 11.4 Å². The van der Waals surface area contributed by atoms with Crippen molar-refractivity contribution in [3.05, 3.63) is 100 Å². The molecule has 2 atom stereocenters. The summed E-state index contributed by atoms with van der Waals surface area (Å²) in [7, 11) is -3.37. The highest BCUT2D eigenvalue weighted by Gasteiger charge is 2.39. The molecule has 1 amide bonds. The van der Waals surface area contributed by atoms with E-state index in [1.165, 1.54) is 17.5 Å². The Morgan fingerprint density at radius 2 is 1.83 bits per heavy atom. The lowest BCUT2D eigenvalue weighted by Crippen LogP contribution is -2.45. The van der Waals surface area contributed by atoms with Crippen LogP contribution in [0.3, 0.4) is 0 Å². The van der Waals surface area contributed by atoms with Gasteiger partial charge in [0.25, 0.3) is 0 Å². The van der Waals surface area contributed by atoms with Gasteiger partial charge in [-0.3, -0.25) is 9.78 Å². The average Bonchev–Trinajstić information content (AvgIpc) is 3.17. The molecule has 2 unspecified atom stereocenters. The molecule has 0 spiro atoms. The fourth-order valence-corrected chi connectivity index (χ4v) is 6.08. The third-order valence-electron chi connectivity index (χ3n) is 6.82. The summed E-state index contributed by atoms with van der Waals surface area (Å²) in [4.78, 5) is 19.6. The SMILES string of the molecule is CC(C)(O)c1cc(CN(C(=O)C2Cc3cc(-c4ccc(F)cc4)ccc32)C2C=CS(=O)(=O)C2)ccn1. The summed E-state index contributed by atoms with van der Waals surface area (Å²) < 4.78 is 37.6. The van der Waals surface area contributed by atoms with Crippen molar-refractivity contribution in [1.29, 1.82) is 0 Å². The number of aliphatic hydroxyl groups is 1. The van der Waals surface area contributed by atoms with E-state index in [1.54, 1.807) is 55.3 Å². The van der Waals surface area contributed by atoms with Crippen LogP contribution in [-0.4, -0.2) is 41.1 Å². The Bertz CT molecular complexity index is 1460. The quantitative estimate of drug-likeness (QED) is 0.544. The van der Waals surface area contributed by atoms with Gasteiger partial charge in [-0.05, 0) is 78.4 Å². The zero-order valence-electron chi connectivity index (χ0n) is 20.1. The van der Waals surface area contributed by atoms with Gasteiger partial charge in [0.2, 0.25) is 5.91 Å². The minimum absolute atomic E-state index is 0.134. The second kappa shape index (κ2) is 8.94. The van der Waals surface area contributed by atoms with Gasteiger partial charge >= 0.3 is 0 Å². The maximum Gasteiger partial charge on any atom is 0.231 e. The highest BCUT2D eigenvalue weighted by Crippen LogP contribution is 2.40. The molecule has 186 valence electrons. The van der Waals surface area contributed by atoms with Crippen LogP contribution in [-0.2, 0) is 33.2 Å². The second-order valence-corrected chi connectivity index (χ2v) is 11.9. The van der Waals surface area contributed by atoms with E-state index in [9.17, 15) is 22.7 Å². The van der Waals surface area contributed by atoms with Gasteiger partial charge in [0.15, 0.2) is 9.84 Å². The van der Waals surface area contributed by atoms with E-state index in [0.29, 0.717) is 12.1 Å². The maximum absolute atomic E-state index is 13.8. The van der Waals surface area contributed by atoms with Gasteiger partial charge in [-0.15, -0.1) is 0 Å². The number of benzene rings is 2. The molecule has 8 heteroatoms. The minimum atomic E-state index is -3.37. The number of nitrogens with zero attached hydrogens (tertiary/aromatic N) is 2. The van der Waals surface area contributed by atoms with E-state index < -0.39 is 21.5 Å². The standard InChI is InChI=1S/C28H27FN2O4S/c1-28(2,33)26-13-18(9-11-30-26)16-31(23-10-12-36(34,35)17-23)27(32)25-15-21-14-20(5-8-24(21)25)19-3-6-22(29)7-4-19/h3-14,23,25,33H,15-17H2,1-2H3. The number of amides is 1. The number of hydrogen-bond donors (Lipinski definition) is 1. The monoisotopic (exact) mass is 506 g/mol. The Morgan fingerprint density at radius 3 is 2.47 bits per heavy atom. The number of fused-ring (bicyclic) bond motifs is 1. The zero-order chi connectivity index (χ0) is 25.7. The van der Waals surface area contributed by atoms with E-state index in [1.807, 2.05) is 18.2 Å². The summed E-state index contributed by atoms with van der Waals surface area (Å²) in [6, 6.07) is 15.1. The topological polar surface area (TPSA) is 87.6 Å². The predicted octanol–water partition coefficient (Wildman–Crippen LogP) is 4.09. The number of rotatable bonds is 6. The van der Waals surface area contributed by atoms with Crippen molar-refractivity contribution in [1.82, 2.24) is 9.88 Å². The second-order valence-electron chi connectivity index (χ2n) is 9.98. The first-order valence-electron chi connectivity index (χ1n) is 11.8. The fraction of sp³-hybridized carbons (Fsp3) is 0.286. The number of hydrogen-bond acceptors (Lipinski definition) is 5. The van der Waals surface area contributed by atoms with E-state index >= 15 is 0 Å². The van der Waals surface area contributed by atoms with Crippen LogP contribution >= 0.6 is 0 Å². The van der Waals surface area contributed by atoms with Crippen molar-refractivity contribution in [2.75, 3.05) is 5.75 Å². The smallest absolute Gasteiger partial charge is 0.231 e. The Balaban J connectivity index is 1.41. The lowest BCUT2D eigenvalue weighted by molar-refractivity contribution is -0.135. The van der Waals surface area contributed by atoms with Crippen LogP contribution in [0.4, 0.5) is 4.39 Å². The largest absolute Gasteiger partial charge is 0.384 e. The van der Waals surface area contributed by atoms with Crippen molar-refractivity contribution in [3.8, 4) is 11.1 Å². The minimum Gasteiger partial charge on any atom is -0.384 e. The molecule has 5 rings (SSSR count). The van der Waals surface area contributed by atoms with Gasteiger partial charge in [0, 0.05) is 18.1 Å². The Kier molecular flexibility index (Phi) is 6.04. The summed E-state index contributed by atoms with van der Waals surface area (Å²) >= 11 is 0. The molecule has 0 saturated heterocycles. The third-order valence-corrected chi connectivity index (χ3v) is 8.19. The predicted molar refractivity (Wildman–Crippen MR) is 135 cm³/mol. The van der Waals surface area contributed by atoms with Crippen LogP contribution < -0.4 is 0 Å². The molecular formula is C28H27FN2O4S. The van der Waals surface area contributed by atoms with Gasteiger partial charge in [0.05, 0.1) is 23.4 Å². The number of sulfone groups is 1. The molecule has 2 aliphatic rings. The van der Waals surface area contributed by atoms with Crippen molar-refractivity contribution in [2.45, 2.75) is 44.4 Å². The van der Waals surface area contributed by atoms with Crippen LogP contribution in [0.2, 0.25) is 0 Å². The summed E-state index contributed by atoms with van der Waals surface area (Å²) in [6.07, 6.45) is 3.71. The maximum atomic E-state index is 13.8. The number of pyridine rings is 1. The van der Waals surface area contributed by atoms with Gasteiger partial charge in [-0.1, -0.05) is 30.3 Å². The van der Waals surface area contributed by atoms with Crippen molar-refractivity contribution in [2.24, 2.45) is 0 Å². The van der Waals surface area contributed by atoms with Gasteiger partial charge in [-0.25, -0.2) is 12.8 Å². The van der Waals surface area contributed by atoms with Crippen molar-refractivity contribution < 1.29 is 22.7 Å². The summed E-state index contributed by atoms with van der Waals surface area (Å²) in [6.45, 7) is 3.48. The van der Waals surface area contributed by atoms with Gasteiger partial charge in [-0.2, -0.15) is 0 Å². The van der Waals surface area contributed by atoms with Crippen LogP contribution in [0.15, 0.2) is 72.3 Å². The Hall–Kier alpha value is -3.36. The lowest BCUT2D eigenvalue weighted by Gasteiger charge is -2.37. The van der Waals surface area contributed by atoms with Crippen molar-refractivity contribution >= 4 is 15.7 Å². The molecule has 36 heavy (non-hydrogen) atoms. The van der Waals surface area contributed by atoms with Crippen molar-refractivity contribution in [3.63, 3.8) is 0 Å². The molecule has 0 saturated carbocycles. The van der Waals surface area contributed by atoms with Crippen LogP contribution in [0.5, 0.6) is 0 Å². The summed E-state index contributed by atoms with van der Waals surface area (Å²) in [5, 5.41) is 11.5. The fourth-order valence-electron chi connectivity index (χ4n) is 4.78. The summed E-state index contributed by atoms with van der Waals surface area (Å²) in [5.41, 5.74) is 3.93. The molecular weight excluding hydrogens is 479 g/mol. The lowest BCUT2D eigenvalue weighted by atomic mass is 9.75. The first kappa shape index (κ1) is 24.3.